The molecule has 0 fully saturated rings. The molecular formula is C18H18ClN3O2S. The molecule has 0 bridgehead atoms. The Morgan fingerprint density at radius 2 is 1.76 bits per heavy atom. The Morgan fingerprint density at radius 3 is 2.44 bits per heavy atom. The fourth-order valence-electron chi connectivity index (χ4n) is 2.53. The molecule has 7 heteroatoms. The molecule has 0 amide bonds. The maximum Gasteiger partial charge on any atom is 0.264 e. The summed E-state index contributed by atoms with van der Waals surface area (Å²) in [6, 6.07) is 12.8. The van der Waals surface area contributed by atoms with Crippen molar-refractivity contribution in [1.29, 1.82) is 0 Å². The summed E-state index contributed by atoms with van der Waals surface area (Å²) in [5.41, 5.74) is 2.91. The lowest BCUT2D eigenvalue weighted by atomic mass is 10.2. The number of aromatic nitrogens is 2. The molecule has 5 nitrogen and oxygen atoms in total. The van der Waals surface area contributed by atoms with Gasteiger partial charge in [0.25, 0.3) is 10.0 Å². The van der Waals surface area contributed by atoms with Gasteiger partial charge in [-0.15, -0.1) is 0 Å². The van der Waals surface area contributed by atoms with Crippen molar-refractivity contribution in [2.45, 2.75) is 18.7 Å². The smallest absolute Gasteiger partial charge is 0.264 e. The molecule has 25 heavy (non-hydrogen) atoms. The molecule has 0 aliphatic rings. The zero-order valence-corrected chi connectivity index (χ0v) is 15.7. The fraction of sp³-hybridized carbons (Fsp3) is 0.167. The lowest BCUT2D eigenvalue weighted by Crippen LogP contribution is -2.17. The summed E-state index contributed by atoms with van der Waals surface area (Å²) >= 11 is 6.06. The van der Waals surface area contributed by atoms with E-state index in [1.54, 1.807) is 43.8 Å². The van der Waals surface area contributed by atoms with E-state index in [0.717, 1.165) is 5.56 Å². The van der Waals surface area contributed by atoms with E-state index in [2.05, 4.69) is 9.71 Å². The van der Waals surface area contributed by atoms with Gasteiger partial charge in [0.05, 0.1) is 10.6 Å². The summed E-state index contributed by atoms with van der Waals surface area (Å²) in [6.45, 7) is 3.49. The van der Waals surface area contributed by atoms with Crippen LogP contribution in [0.2, 0.25) is 5.02 Å². The minimum absolute atomic E-state index is 0.193. The Morgan fingerprint density at radius 1 is 1.08 bits per heavy atom. The second-order valence-corrected chi connectivity index (χ2v) is 7.96. The van der Waals surface area contributed by atoms with Crippen LogP contribution in [-0.4, -0.2) is 18.0 Å². The molecule has 130 valence electrons. The van der Waals surface area contributed by atoms with Crippen molar-refractivity contribution in [2.24, 2.45) is 7.05 Å². The Labute approximate surface area is 152 Å². The largest absolute Gasteiger partial charge is 0.319 e. The molecule has 0 aliphatic carbocycles. The Kier molecular flexibility index (Phi) is 4.58. The van der Waals surface area contributed by atoms with Crippen LogP contribution < -0.4 is 4.72 Å². The average molecular weight is 376 g/mol. The zero-order chi connectivity index (χ0) is 18.2. The number of sulfonamides is 1. The van der Waals surface area contributed by atoms with Crippen molar-refractivity contribution in [2.75, 3.05) is 4.72 Å². The van der Waals surface area contributed by atoms with Crippen molar-refractivity contribution >= 4 is 27.6 Å². The van der Waals surface area contributed by atoms with Gasteiger partial charge in [0.2, 0.25) is 5.95 Å². The standard InChI is InChI=1S/C18H18ClN3O2S/c1-12-10-17(13(2)9-15(12)19)25(23,24)21-18-20-16(11-22(18)3)14-7-5-4-6-8-14/h4-11H,1-3H3,(H,20,21). The summed E-state index contributed by atoms with van der Waals surface area (Å²) < 4.78 is 29.8. The van der Waals surface area contributed by atoms with E-state index in [-0.39, 0.29) is 10.8 Å². The highest BCUT2D eigenvalue weighted by molar-refractivity contribution is 7.92. The number of hydrogen-bond acceptors (Lipinski definition) is 3. The first-order valence-electron chi connectivity index (χ1n) is 7.66. The molecule has 0 saturated heterocycles. The highest BCUT2D eigenvalue weighted by atomic mass is 35.5. The molecule has 3 aromatic rings. The molecule has 0 aliphatic heterocycles. The molecule has 0 saturated carbocycles. The second kappa shape index (κ2) is 6.54. The van der Waals surface area contributed by atoms with Crippen LogP contribution in [0, 0.1) is 13.8 Å². The van der Waals surface area contributed by atoms with Gasteiger partial charge in [-0.25, -0.2) is 18.1 Å². The number of nitrogens with zero attached hydrogens (tertiary/aromatic N) is 2. The molecule has 1 heterocycles. The van der Waals surface area contributed by atoms with Gasteiger partial charge in [0.1, 0.15) is 0 Å². The topological polar surface area (TPSA) is 64.0 Å². The van der Waals surface area contributed by atoms with Gasteiger partial charge in [0, 0.05) is 23.8 Å². The number of benzene rings is 2. The molecule has 0 spiro atoms. The van der Waals surface area contributed by atoms with Gasteiger partial charge in [-0.1, -0.05) is 41.9 Å². The van der Waals surface area contributed by atoms with Crippen LogP contribution in [0.4, 0.5) is 5.95 Å². The summed E-state index contributed by atoms with van der Waals surface area (Å²) in [5, 5.41) is 0.541. The van der Waals surface area contributed by atoms with E-state index in [1.165, 1.54) is 0 Å². The first-order chi connectivity index (χ1) is 11.8. The maximum absolute atomic E-state index is 12.8. The first kappa shape index (κ1) is 17.5. The van der Waals surface area contributed by atoms with Crippen LogP contribution in [0.3, 0.4) is 0 Å². The first-order valence-corrected chi connectivity index (χ1v) is 9.52. The molecule has 0 unspecified atom stereocenters. The zero-order valence-electron chi connectivity index (χ0n) is 14.1. The summed E-state index contributed by atoms with van der Waals surface area (Å²) in [4.78, 5) is 4.60. The molecule has 0 atom stereocenters. The number of aryl methyl sites for hydroxylation is 3. The maximum atomic E-state index is 12.8. The van der Waals surface area contributed by atoms with Gasteiger partial charge in [-0.05, 0) is 37.1 Å². The third-order valence-electron chi connectivity index (χ3n) is 3.92. The molecular weight excluding hydrogens is 358 g/mol. The third kappa shape index (κ3) is 3.55. The Balaban J connectivity index is 1.97. The molecule has 3 rings (SSSR count). The second-order valence-electron chi connectivity index (χ2n) is 5.90. The highest BCUT2D eigenvalue weighted by Gasteiger charge is 2.21. The Bertz CT molecular complexity index is 1030. The van der Waals surface area contributed by atoms with E-state index in [9.17, 15) is 8.42 Å². The third-order valence-corrected chi connectivity index (χ3v) is 5.79. The summed E-state index contributed by atoms with van der Waals surface area (Å²) in [6.07, 6.45) is 1.78. The quantitative estimate of drug-likeness (QED) is 0.744. The van der Waals surface area contributed by atoms with Crippen LogP contribution in [0.25, 0.3) is 11.3 Å². The van der Waals surface area contributed by atoms with Crippen LogP contribution in [0.15, 0.2) is 53.6 Å². The SMILES string of the molecule is Cc1cc(S(=O)(=O)Nc2nc(-c3ccccc3)cn2C)c(C)cc1Cl. The number of hydrogen-bond donors (Lipinski definition) is 1. The van der Waals surface area contributed by atoms with E-state index >= 15 is 0 Å². The van der Waals surface area contributed by atoms with Crippen molar-refractivity contribution in [3.05, 3.63) is 64.8 Å². The number of anilines is 1. The summed E-state index contributed by atoms with van der Waals surface area (Å²) in [7, 11) is -2.02. The van der Waals surface area contributed by atoms with Crippen molar-refractivity contribution in [3.63, 3.8) is 0 Å². The van der Waals surface area contributed by atoms with Gasteiger partial charge < -0.3 is 4.57 Å². The van der Waals surface area contributed by atoms with E-state index in [0.29, 0.717) is 21.8 Å². The van der Waals surface area contributed by atoms with Gasteiger partial charge in [-0.3, -0.25) is 0 Å². The lowest BCUT2D eigenvalue weighted by molar-refractivity contribution is 0.599. The van der Waals surface area contributed by atoms with Crippen molar-refractivity contribution in [1.82, 2.24) is 9.55 Å². The van der Waals surface area contributed by atoms with Gasteiger partial charge in [-0.2, -0.15) is 0 Å². The minimum atomic E-state index is -3.77. The van der Waals surface area contributed by atoms with Crippen LogP contribution in [0.5, 0.6) is 0 Å². The predicted molar refractivity (Wildman–Crippen MR) is 100 cm³/mol. The lowest BCUT2D eigenvalue weighted by Gasteiger charge is -2.11. The van der Waals surface area contributed by atoms with Gasteiger partial charge in [0.15, 0.2) is 0 Å². The van der Waals surface area contributed by atoms with Gasteiger partial charge >= 0.3 is 0 Å². The predicted octanol–water partition coefficient (Wildman–Crippen LogP) is 4.16. The van der Waals surface area contributed by atoms with E-state index in [4.69, 9.17) is 11.6 Å². The van der Waals surface area contributed by atoms with Crippen LogP contribution in [-0.2, 0) is 17.1 Å². The van der Waals surface area contributed by atoms with Crippen molar-refractivity contribution in [3.8, 4) is 11.3 Å². The summed E-state index contributed by atoms with van der Waals surface area (Å²) in [5.74, 6) is 0.255. The van der Waals surface area contributed by atoms with E-state index < -0.39 is 10.0 Å². The number of rotatable bonds is 4. The highest BCUT2D eigenvalue weighted by Crippen LogP contribution is 2.26. The molecule has 1 N–H and O–H groups in total. The normalized spacial score (nSPS) is 11.5. The average Bonchev–Trinajstić information content (AvgIpc) is 2.92. The number of nitrogens with one attached hydrogen (secondary N) is 1. The molecule has 2 aromatic carbocycles. The number of imidazole rings is 1. The molecule has 0 radical (unpaired) electrons. The number of halogens is 1. The Hall–Kier alpha value is -2.31. The van der Waals surface area contributed by atoms with E-state index in [1.807, 2.05) is 30.3 Å². The molecule has 1 aromatic heterocycles. The van der Waals surface area contributed by atoms with Crippen LogP contribution >= 0.6 is 11.6 Å². The van der Waals surface area contributed by atoms with Crippen LogP contribution in [0.1, 0.15) is 11.1 Å². The fourth-order valence-corrected chi connectivity index (χ4v) is 4.10. The minimum Gasteiger partial charge on any atom is -0.319 e. The monoisotopic (exact) mass is 375 g/mol. The van der Waals surface area contributed by atoms with Crippen molar-refractivity contribution < 1.29 is 8.42 Å².